The van der Waals surface area contributed by atoms with Crippen LogP contribution in [0.3, 0.4) is 0 Å². The zero-order valence-corrected chi connectivity index (χ0v) is 5.72. The van der Waals surface area contributed by atoms with E-state index in [4.69, 9.17) is 0 Å². The van der Waals surface area contributed by atoms with Gasteiger partial charge in [-0.15, -0.1) is 0 Å². The molecule has 0 spiro atoms. The molecule has 1 aliphatic rings. The summed E-state index contributed by atoms with van der Waals surface area (Å²) in [6.07, 6.45) is 0. The average Bonchev–Trinajstić information content (AvgIpc) is 1.33. The molecule has 6 heavy (non-hydrogen) atoms. The first-order valence-electron chi connectivity index (χ1n) is 2.79. The van der Waals surface area contributed by atoms with Gasteiger partial charge in [-0.05, 0) is 5.92 Å². The number of hydrogen-bond donors (Lipinski definition) is 0. The van der Waals surface area contributed by atoms with Gasteiger partial charge in [-0.1, -0.05) is 25.6 Å². The first-order chi connectivity index (χ1) is 2.79. The van der Waals surface area contributed by atoms with Crippen LogP contribution in [-0.4, -0.2) is 8.80 Å². The predicted octanol–water partition coefficient (Wildman–Crippen LogP) is 1.49. The molecule has 0 bridgehead atoms. The van der Waals surface area contributed by atoms with E-state index in [1.54, 1.807) is 12.1 Å². The van der Waals surface area contributed by atoms with Crippen LogP contribution in [0.2, 0.25) is 18.6 Å². The minimum Gasteiger partial charge on any atom is -0.0720 e. The molecule has 0 aromatic rings. The molecule has 0 amide bonds. The van der Waals surface area contributed by atoms with Crippen LogP contribution in [0.4, 0.5) is 0 Å². The van der Waals surface area contributed by atoms with Crippen LogP contribution in [-0.2, 0) is 0 Å². The highest BCUT2D eigenvalue weighted by Crippen LogP contribution is 2.26. The van der Waals surface area contributed by atoms with Crippen molar-refractivity contribution in [2.24, 2.45) is 5.92 Å². The maximum Gasteiger partial charge on any atom is 0.0341 e. The van der Waals surface area contributed by atoms with Crippen LogP contribution in [0, 0.1) is 5.92 Å². The molecule has 1 rings (SSSR count). The predicted molar refractivity (Wildman–Crippen MR) is 31.8 cm³/mol. The normalized spacial score (nSPS) is 45.0. The number of rotatable bonds is 0. The van der Waals surface area contributed by atoms with Gasteiger partial charge in [0.15, 0.2) is 0 Å². The molecule has 0 N–H and O–H groups in total. The van der Waals surface area contributed by atoms with Crippen molar-refractivity contribution in [2.75, 3.05) is 0 Å². The minimum absolute atomic E-state index is 0.0270. The fraction of sp³-hybridized carbons (Fsp3) is 1.00. The lowest BCUT2D eigenvalue weighted by atomic mass is 10.2. The van der Waals surface area contributed by atoms with E-state index in [2.05, 4.69) is 13.5 Å². The Labute approximate surface area is 41.2 Å². The molecule has 0 aromatic carbocycles. The second-order valence-electron chi connectivity index (χ2n) is 2.68. The van der Waals surface area contributed by atoms with E-state index in [1.165, 1.54) is 0 Å². The van der Waals surface area contributed by atoms with Gasteiger partial charge >= 0.3 is 0 Å². The van der Waals surface area contributed by atoms with Gasteiger partial charge in [0.05, 0.1) is 0 Å². The van der Waals surface area contributed by atoms with Crippen LogP contribution < -0.4 is 0 Å². The average molecular weight is 100 g/mol. The second-order valence-corrected chi connectivity index (χ2v) is 5.83. The molecule has 0 unspecified atom stereocenters. The Morgan fingerprint density at radius 1 is 1.50 bits per heavy atom. The van der Waals surface area contributed by atoms with Crippen LogP contribution in [0.5, 0.6) is 0 Å². The fourth-order valence-electron chi connectivity index (χ4n) is 1.30. The van der Waals surface area contributed by atoms with Gasteiger partial charge in [-0.3, -0.25) is 0 Å². The first-order valence-corrected chi connectivity index (χ1v) is 5.58. The molecule has 1 fully saturated rings. The van der Waals surface area contributed by atoms with E-state index >= 15 is 0 Å². The maximum atomic E-state index is 2.46. The van der Waals surface area contributed by atoms with Crippen LogP contribution >= 0.6 is 0 Å². The van der Waals surface area contributed by atoms with Crippen LogP contribution in [0.15, 0.2) is 0 Å². The molecule has 1 aliphatic heterocycles. The fourth-order valence-corrected chi connectivity index (χ4v) is 3.91. The number of hydrogen-bond acceptors (Lipinski definition) is 0. The largest absolute Gasteiger partial charge is 0.0720 e. The molecule has 0 radical (unpaired) electrons. The highest BCUT2D eigenvalue weighted by Gasteiger charge is 2.21. The lowest BCUT2D eigenvalue weighted by molar-refractivity contribution is 0.652. The highest BCUT2D eigenvalue weighted by atomic mass is 28.3. The monoisotopic (exact) mass is 100 g/mol. The summed E-state index contributed by atoms with van der Waals surface area (Å²) in [5, 5.41) is 0. The van der Waals surface area contributed by atoms with Crippen molar-refractivity contribution >= 4 is 8.80 Å². The lowest BCUT2D eigenvalue weighted by Crippen LogP contribution is -2.25. The van der Waals surface area contributed by atoms with Crippen molar-refractivity contribution in [1.29, 1.82) is 0 Å². The van der Waals surface area contributed by atoms with Gasteiger partial charge in [0.2, 0.25) is 0 Å². The molecule has 0 aromatic heterocycles. The highest BCUT2D eigenvalue weighted by molar-refractivity contribution is 6.60. The van der Waals surface area contributed by atoms with Gasteiger partial charge < -0.3 is 0 Å². The topological polar surface area (TPSA) is 0 Å². The van der Waals surface area contributed by atoms with Gasteiger partial charge in [0, 0.05) is 8.80 Å². The van der Waals surface area contributed by atoms with Gasteiger partial charge in [-0.25, -0.2) is 0 Å². The third kappa shape index (κ3) is 0.646. The second kappa shape index (κ2) is 1.37. The quantitative estimate of drug-likeness (QED) is 0.405. The van der Waals surface area contributed by atoms with Crippen LogP contribution in [0.1, 0.15) is 6.92 Å². The molecule has 36 valence electrons. The Morgan fingerprint density at radius 2 is 2.00 bits per heavy atom. The molecular formula is C5H12Si. The summed E-state index contributed by atoms with van der Waals surface area (Å²) in [7, 11) is -0.0270. The van der Waals surface area contributed by atoms with E-state index in [-0.39, 0.29) is 8.80 Å². The molecule has 0 saturated carbocycles. The van der Waals surface area contributed by atoms with E-state index in [9.17, 15) is 0 Å². The maximum absolute atomic E-state index is 2.46. The Bertz CT molecular complexity index is 39.9. The summed E-state index contributed by atoms with van der Waals surface area (Å²) >= 11 is 0. The zero-order chi connectivity index (χ0) is 4.57. The van der Waals surface area contributed by atoms with Crippen LogP contribution in [0.25, 0.3) is 0 Å². The molecule has 1 heteroatoms. The molecular weight excluding hydrogens is 88.1 g/mol. The summed E-state index contributed by atoms with van der Waals surface area (Å²) in [4.78, 5) is 0. The molecule has 0 aliphatic carbocycles. The summed E-state index contributed by atoms with van der Waals surface area (Å²) in [6.45, 7) is 4.81. The van der Waals surface area contributed by atoms with Crippen molar-refractivity contribution in [2.45, 2.75) is 25.6 Å². The standard InChI is InChI=1S/C5H12Si/c1-5-3-6(2)4-5/h5-6H,3-4H2,1-2H3. The summed E-state index contributed by atoms with van der Waals surface area (Å²) in [6, 6.07) is 3.22. The van der Waals surface area contributed by atoms with Crippen molar-refractivity contribution in [3.8, 4) is 0 Å². The van der Waals surface area contributed by atoms with Crippen molar-refractivity contribution in [3.05, 3.63) is 0 Å². The first kappa shape index (κ1) is 4.38. The third-order valence-corrected chi connectivity index (χ3v) is 4.83. The van der Waals surface area contributed by atoms with Crippen molar-refractivity contribution in [1.82, 2.24) is 0 Å². The van der Waals surface area contributed by atoms with E-state index in [0.717, 1.165) is 5.92 Å². The summed E-state index contributed by atoms with van der Waals surface area (Å²) in [5.41, 5.74) is 0. The Kier molecular flexibility index (Phi) is 1.00. The SMILES string of the molecule is CC1C[SiH](C)C1. The Hall–Kier alpha value is 0.217. The Balaban J connectivity index is 2.11. The van der Waals surface area contributed by atoms with Crippen molar-refractivity contribution in [3.63, 3.8) is 0 Å². The van der Waals surface area contributed by atoms with Gasteiger partial charge in [-0.2, -0.15) is 0 Å². The third-order valence-electron chi connectivity index (χ3n) is 1.61. The molecule has 1 heterocycles. The van der Waals surface area contributed by atoms with E-state index < -0.39 is 0 Å². The smallest absolute Gasteiger partial charge is 0.0341 e. The van der Waals surface area contributed by atoms with Gasteiger partial charge in [0.25, 0.3) is 0 Å². The van der Waals surface area contributed by atoms with Gasteiger partial charge in [0.1, 0.15) is 0 Å². The molecule has 0 atom stereocenters. The molecule has 1 saturated heterocycles. The molecule has 0 nitrogen and oxygen atoms in total. The van der Waals surface area contributed by atoms with E-state index in [1.807, 2.05) is 0 Å². The minimum atomic E-state index is -0.0270. The van der Waals surface area contributed by atoms with E-state index in [0.29, 0.717) is 0 Å². The lowest BCUT2D eigenvalue weighted by Gasteiger charge is -2.27. The summed E-state index contributed by atoms with van der Waals surface area (Å²) in [5.74, 6) is 1.10. The van der Waals surface area contributed by atoms with Crippen molar-refractivity contribution < 1.29 is 0 Å². The zero-order valence-electron chi connectivity index (χ0n) is 4.57. The Morgan fingerprint density at radius 3 is 2.00 bits per heavy atom. The summed E-state index contributed by atoms with van der Waals surface area (Å²) < 4.78 is 0.